The Labute approximate surface area is 103 Å². The summed E-state index contributed by atoms with van der Waals surface area (Å²) in [5, 5.41) is 8.68. The Balaban J connectivity index is 2.49. The van der Waals surface area contributed by atoms with E-state index in [0.29, 0.717) is 18.4 Å². The van der Waals surface area contributed by atoms with Crippen molar-refractivity contribution in [2.24, 2.45) is 11.8 Å². The zero-order chi connectivity index (χ0) is 13.0. The molecule has 1 rings (SSSR count). The number of aliphatic carboxylic acids is 1. The van der Waals surface area contributed by atoms with Crippen LogP contribution in [0, 0.1) is 11.8 Å². The van der Waals surface area contributed by atoms with Crippen molar-refractivity contribution in [3.8, 4) is 0 Å². The third-order valence-electron chi connectivity index (χ3n) is 3.44. The summed E-state index contributed by atoms with van der Waals surface area (Å²) in [5.41, 5.74) is 0. The second-order valence-corrected chi connectivity index (χ2v) is 5.45. The van der Waals surface area contributed by atoms with Crippen LogP contribution in [0.5, 0.6) is 0 Å². The smallest absolute Gasteiger partial charge is 0.303 e. The lowest BCUT2D eigenvalue weighted by Crippen LogP contribution is -2.39. The van der Waals surface area contributed by atoms with Crippen molar-refractivity contribution in [1.82, 2.24) is 4.90 Å². The van der Waals surface area contributed by atoms with Gasteiger partial charge in [-0.1, -0.05) is 20.8 Å². The monoisotopic (exact) mass is 241 g/mol. The highest BCUT2D eigenvalue weighted by atomic mass is 16.4. The lowest BCUT2D eigenvalue weighted by molar-refractivity contribution is -0.138. The predicted molar refractivity (Wildman–Crippen MR) is 65.6 cm³/mol. The van der Waals surface area contributed by atoms with Gasteiger partial charge >= 0.3 is 5.97 Å². The summed E-state index contributed by atoms with van der Waals surface area (Å²) in [7, 11) is 0. The lowest BCUT2D eigenvalue weighted by atomic mass is 9.99. The van der Waals surface area contributed by atoms with Gasteiger partial charge in [0.25, 0.3) is 0 Å². The van der Waals surface area contributed by atoms with E-state index in [1.165, 1.54) is 0 Å². The number of hydrogen-bond acceptors (Lipinski definition) is 2. The first kappa shape index (κ1) is 14.0. The van der Waals surface area contributed by atoms with Gasteiger partial charge in [-0.15, -0.1) is 0 Å². The van der Waals surface area contributed by atoms with Crippen LogP contribution in [0.4, 0.5) is 0 Å². The van der Waals surface area contributed by atoms with Crippen LogP contribution in [-0.2, 0) is 9.59 Å². The predicted octanol–water partition coefficient (Wildman–Crippen LogP) is 2.13. The van der Waals surface area contributed by atoms with Crippen LogP contribution in [0.15, 0.2) is 0 Å². The zero-order valence-electron chi connectivity index (χ0n) is 11.0. The first-order valence-corrected chi connectivity index (χ1v) is 6.43. The molecule has 0 aromatic heterocycles. The maximum Gasteiger partial charge on any atom is 0.303 e. The fourth-order valence-corrected chi connectivity index (χ4v) is 2.58. The molecule has 1 aliphatic rings. The molecule has 98 valence electrons. The van der Waals surface area contributed by atoms with Crippen molar-refractivity contribution >= 4 is 11.9 Å². The standard InChI is InChI=1S/C13H23NO3/c1-9(2)11-5-4-6-14(11)12(15)7-10(3)8-13(16)17/h9-11H,4-8H2,1-3H3,(H,16,17). The number of carbonyl (C=O) groups excluding carboxylic acids is 1. The minimum atomic E-state index is -0.827. The molecule has 4 heteroatoms. The fraction of sp³-hybridized carbons (Fsp3) is 0.846. The SMILES string of the molecule is CC(CC(=O)O)CC(=O)N1CCCC1C(C)C. The third kappa shape index (κ3) is 4.02. The summed E-state index contributed by atoms with van der Waals surface area (Å²) in [5.74, 6) is -0.299. The summed E-state index contributed by atoms with van der Waals surface area (Å²) in [6.07, 6.45) is 2.58. The maximum absolute atomic E-state index is 12.1. The normalized spacial score (nSPS) is 21.9. The summed E-state index contributed by atoms with van der Waals surface area (Å²) >= 11 is 0. The van der Waals surface area contributed by atoms with Crippen LogP contribution in [0.1, 0.15) is 46.5 Å². The molecular formula is C13H23NO3. The van der Waals surface area contributed by atoms with Gasteiger partial charge in [-0.2, -0.15) is 0 Å². The van der Waals surface area contributed by atoms with Crippen LogP contribution in [-0.4, -0.2) is 34.5 Å². The highest BCUT2D eigenvalue weighted by Crippen LogP contribution is 2.25. The lowest BCUT2D eigenvalue weighted by Gasteiger charge is -2.28. The van der Waals surface area contributed by atoms with Crippen molar-refractivity contribution in [3.05, 3.63) is 0 Å². The number of carboxylic acid groups (broad SMARTS) is 1. The van der Waals surface area contributed by atoms with Gasteiger partial charge in [-0.05, 0) is 24.7 Å². The van der Waals surface area contributed by atoms with Gasteiger partial charge in [0, 0.05) is 25.4 Å². The molecule has 0 aromatic rings. The molecule has 1 amide bonds. The van der Waals surface area contributed by atoms with E-state index in [1.807, 2.05) is 11.8 Å². The number of rotatable bonds is 5. The van der Waals surface area contributed by atoms with Crippen molar-refractivity contribution in [2.75, 3.05) is 6.54 Å². The average Bonchev–Trinajstić information content (AvgIpc) is 2.63. The molecule has 1 fully saturated rings. The van der Waals surface area contributed by atoms with Gasteiger partial charge in [-0.3, -0.25) is 9.59 Å². The van der Waals surface area contributed by atoms with Crippen LogP contribution in [0.3, 0.4) is 0 Å². The van der Waals surface area contributed by atoms with E-state index in [0.717, 1.165) is 19.4 Å². The van der Waals surface area contributed by atoms with Crippen LogP contribution >= 0.6 is 0 Å². The molecule has 0 bridgehead atoms. The van der Waals surface area contributed by atoms with E-state index in [2.05, 4.69) is 13.8 Å². The highest BCUT2D eigenvalue weighted by molar-refractivity contribution is 5.78. The molecule has 0 aromatic carbocycles. The largest absolute Gasteiger partial charge is 0.481 e. The number of nitrogens with zero attached hydrogens (tertiary/aromatic N) is 1. The molecular weight excluding hydrogens is 218 g/mol. The Bertz CT molecular complexity index is 288. The minimum absolute atomic E-state index is 0.0753. The van der Waals surface area contributed by atoms with E-state index < -0.39 is 5.97 Å². The third-order valence-corrected chi connectivity index (χ3v) is 3.44. The quantitative estimate of drug-likeness (QED) is 0.802. The first-order chi connectivity index (χ1) is 7.91. The summed E-state index contributed by atoms with van der Waals surface area (Å²) in [6, 6.07) is 0.347. The van der Waals surface area contributed by atoms with Gasteiger partial charge in [-0.25, -0.2) is 0 Å². The van der Waals surface area contributed by atoms with E-state index in [4.69, 9.17) is 5.11 Å². The molecule has 1 saturated heterocycles. The van der Waals surface area contributed by atoms with Crippen molar-refractivity contribution < 1.29 is 14.7 Å². The summed E-state index contributed by atoms with van der Waals surface area (Å²) < 4.78 is 0. The minimum Gasteiger partial charge on any atom is -0.481 e. The Morgan fingerprint density at radius 1 is 1.29 bits per heavy atom. The van der Waals surface area contributed by atoms with Gasteiger partial charge in [0.2, 0.25) is 5.91 Å². The molecule has 2 atom stereocenters. The molecule has 4 nitrogen and oxygen atoms in total. The number of amides is 1. The second-order valence-electron chi connectivity index (χ2n) is 5.45. The Morgan fingerprint density at radius 3 is 2.47 bits per heavy atom. The van der Waals surface area contributed by atoms with E-state index in [1.54, 1.807) is 0 Å². The van der Waals surface area contributed by atoms with Crippen molar-refractivity contribution in [2.45, 2.75) is 52.5 Å². The van der Waals surface area contributed by atoms with Crippen molar-refractivity contribution in [1.29, 1.82) is 0 Å². The van der Waals surface area contributed by atoms with Crippen molar-refractivity contribution in [3.63, 3.8) is 0 Å². The fourth-order valence-electron chi connectivity index (χ4n) is 2.58. The first-order valence-electron chi connectivity index (χ1n) is 6.43. The Kier molecular flexibility index (Phi) is 4.97. The summed E-state index contributed by atoms with van der Waals surface area (Å²) in [6.45, 7) is 6.93. The molecule has 0 aliphatic carbocycles. The number of carboxylic acids is 1. The van der Waals surface area contributed by atoms with Crippen LogP contribution in [0.25, 0.3) is 0 Å². The van der Waals surface area contributed by atoms with Crippen LogP contribution in [0.2, 0.25) is 0 Å². The molecule has 1 aliphatic heterocycles. The summed E-state index contributed by atoms with van der Waals surface area (Å²) in [4.78, 5) is 24.6. The Hall–Kier alpha value is -1.06. The topological polar surface area (TPSA) is 57.6 Å². The van der Waals surface area contributed by atoms with E-state index in [9.17, 15) is 9.59 Å². The van der Waals surface area contributed by atoms with E-state index in [-0.39, 0.29) is 18.2 Å². The molecule has 1 heterocycles. The van der Waals surface area contributed by atoms with Gasteiger partial charge in [0.05, 0.1) is 0 Å². The highest BCUT2D eigenvalue weighted by Gasteiger charge is 2.31. The van der Waals surface area contributed by atoms with Gasteiger partial charge in [0.15, 0.2) is 0 Å². The Morgan fingerprint density at radius 2 is 1.94 bits per heavy atom. The molecule has 1 N–H and O–H groups in total. The van der Waals surface area contributed by atoms with Gasteiger partial charge < -0.3 is 10.0 Å². The molecule has 2 unspecified atom stereocenters. The molecule has 0 saturated carbocycles. The molecule has 17 heavy (non-hydrogen) atoms. The number of carbonyl (C=O) groups is 2. The van der Waals surface area contributed by atoms with Gasteiger partial charge in [0.1, 0.15) is 0 Å². The number of likely N-dealkylation sites (tertiary alicyclic amines) is 1. The second kappa shape index (κ2) is 6.03. The van der Waals surface area contributed by atoms with E-state index >= 15 is 0 Å². The molecule has 0 spiro atoms. The van der Waals surface area contributed by atoms with Crippen LogP contribution < -0.4 is 0 Å². The average molecular weight is 241 g/mol. The molecule has 0 radical (unpaired) electrons. The number of hydrogen-bond donors (Lipinski definition) is 1. The zero-order valence-corrected chi connectivity index (χ0v) is 11.0. The maximum atomic E-state index is 12.1.